The number of aromatic nitrogens is 2. The van der Waals surface area contributed by atoms with Crippen molar-refractivity contribution < 1.29 is 0 Å². The Labute approximate surface area is 108 Å². The normalized spacial score (nSPS) is 12.4. The third-order valence-corrected chi connectivity index (χ3v) is 3.19. The van der Waals surface area contributed by atoms with Crippen molar-refractivity contribution in [1.82, 2.24) is 10.2 Å². The molecule has 1 unspecified atom stereocenters. The van der Waals surface area contributed by atoms with E-state index in [1.807, 2.05) is 19.9 Å². The fraction of sp³-hybridized carbons (Fsp3) is 0.333. The molecule has 18 heavy (non-hydrogen) atoms. The van der Waals surface area contributed by atoms with Gasteiger partial charge in [0, 0.05) is 0 Å². The lowest BCUT2D eigenvalue weighted by Gasteiger charge is -2.15. The van der Waals surface area contributed by atoms with Gasteiger partial charge in [-0.05, 0) is 43.0 Å². The topological polar surface area (TPSA) is 51.8 Å². The Morgan fingerprint density at radius 2 is 1.94 bits per heavy atom. The first-order valence-electron chi connectivity index (χ1n) is 6.27. The summed E-state index contributed by atoms with van der Waals surface area (Å²) in [6.07, 6.45) is 1.02. The van der Waals surface area contributed by atoms with Crippen LogP contribution in [0.4, 0.5) is 0 Å². The maximum atomic E-state index is 6.34. The van der Waals surface area contributed by atoms with Crippen LogP contribution in [-0.2, 0) is 6.42 Å². The highest BCUT2D eigenvalue weighted by Gasteiger charge is 2.13. The molecule has 2 rings (SSSR count). The molecule has 0 amide bonds. The highest BCUT2D eigenvalue weighted by atomic mass is 15.1. The predicted molar refractivity (Wildman–Crippen MR) is 73.4 cm³/mol. The maximum Gasteiger partial charge on any atom is 0.0651 e. The van der Waals surface area contributed by atoms with E-state index in [0.717, 1.165) is 28.9 Å². The van der Waals surface area contributed by atoms with Crippen LogP contribution in [0.3, 0.4) is 0 Å². The van der Waals surface area contributed by atoms with Crippen molar-refractivity contribution in [3.8, 4) is 0 Å². The molecule has 1 atom stereocenters. The number of nitrogens with zero attached hydrogens (tertiary/aromatic N) is 2. The van der Waals surface area contributed by atoms with Gasteiger partial charge in [0.25, 0.3) is 0 Å². The average Bonchev–Trinajstić information content (AvgIpc) is 2.41. The first-order valence-corrected chi connectivity index (χ1v) is 6.27. The minimum Gasteiger partial charge on any atom is -0.320 e. The molecule has 0 spiro atoms. The Morgan fingerprint density at radius 1 is 1.17 bits per heavy atom. The quantitative estimate of drug-likeness (QED) is 0.899. The van der Waals surface area contributed by atoms with E-state index in [1.54, 1.807) is 0 Å². The van der Waals surface area contributed by atoms with Gasteiger partial charge in [-0.25, -0.2) is 0 Å². The summed E-state index contributed by atoms with van der Waals surface area (Å²) in [6, 6.07) is 10.3. The third-order valence-electron chi connectivity index (χ3n) is 3.19. The van der Waals surface area contributed by atoms with Gasteiger partial charge in [-0.2, -0.15) is 10.2 Å². The molecule has 0 bridgehead atoms. The lowest BCUT2D eigenvalue weighted by molar-refractivity contribution is 0.811. The molecule has 0 radical (unpaired) electrons. The molecule has 0 saturated carbocycles. The van der Waals surface area contributed by atoms with Crippen molar-refractivity contribution in [3.63, 3.8) is 0 Å². The van der Waals surface area contributed by atoms with Gasteiger partial charge < -0.3 is 5.73 Å². The van der Waals surface area contributed by atoms with E-state index in [1.165, 1.54) is 5.56 Å². The van der Waals surface area contributed by atoms with Gasteiger partial charge in [0.2, 0.25) is 0 Å². The second-order valence-corrected chi connectivity index (χ2v) is 4.60. The SMILES string of the molecule is CCc1cccc(C(N)c2cc(C)nnc2C)c1. The Bertz CT molecular complexity index is 549. The summed E-state index contributed by atoms with van der Waals surface area (Å²) in [7, 11) is 0. The molecule has 1 aromatic heterocycles. The van der Waals surface area contributed by atoms with Gasteiger partial charge in [0.05, 0.1) is 17.4 Å². The van der Waals surface area contributed by atoms with Crippen LogP contribution in [0.15, 0.2) is 30.3 Å². The van der Waals surface area contributed by atoms with Crippen LogP contribution < -0.4 is 5.73 Å². The molecule has 0 aliphatic carbocycles. The van der Waals surface area contributed by atoms with Gasteiger partial charge in [-0.15, -0.1) is 0 Å². The maximum absolute atomic E-state index is 6.34. The highest BCUT2D eigenvalue weighted by Crippen LogP contribution is 2.22. The molecule has 0 aliphatic rings. The molecule has 0 saturated heterocycles. The molecule has 3 heteroatoms. The molecule has 2 N–H and O–H groups in total. The minimum absolute atomic E-state index is 0.134. The van der Waals surface area contributed by atoms with Crippen molar-refractivity contribution >= 4 is 0 Å². The zero-order chi connectivity index (χ0) is 13.1. The van der Waals surface area contributed by atoms with Crippen LogP contribution in [0, 0.1) is 13.8 Å². The van der Waals surface area contributed by atoms with Crippen molar-refractivity contribution in [3.05, 3.63) is 58.4 Å². The zero-order valence-electron chi connectivity index (χ0n) is 11.1. The average molecular weight is 241 g/mol. The molecule has 2 aromatic rings. The van der Waals surface area contributed by atoms with Crippen molar-refractivity contribution in [2.75, 3.05) is 0 Å². The number of hydrogen-bond acceptors (Lipinski definition) is 3. The number of nitrogens with two attached hydrogens (primary N) is 1. The highest BCUT2D eigenvalue weighted by molar-refractivity contribution is 5.35. The molecular formula is C15H19N3. The van der Waals surface area contributed by atoms with E-state index in [0.29, 0.717) is 0 Å². The molecule has 94 valence electrons. The van der Waals surface area contributed by atoms with Crippen molar-refractivity contribution in [2.24, 2.45) is 5.73 Å². The molecule has 1 aromatic carbocycles. The van der Waals surface area contributed by atoms with E-state index in [-0.39, 0.29) is 6.04 Å². The molecule has 3 nitrogen and oxygen atoms in total. The van der Waals surface area contributed by atoms with Crippen LogP contribution in [0.5, 0.6) is 0 Å². The first-order chi connectivity index (χ1) is 8.61. The van der Waals surface area contributed by atoms with Crippen molar-refractivity contribution in [1.29, 1.82) is 0 Å². The Kier molecular flexibility index (Phi) is 3.72. The van der Waals surface area contributed by atoms with E-state index in [9.17, 15) is 0 Å². The van der Waals surface area contributed by atoms with Crippen molar-refractivity contribution in [2.45, 2.75) is 33.2 Å². The fourth-order valence-corrected chi connectivity index (χ4v) is 2.07. The lowest BCUT2D eigenvalue weighted by atomic mass is 9.96. The van der Waals surface area contributed by atoms with E-state index in [4.69, 9.17) is 5.73 Å². The summed E-state index contributed by atoms with van der Waals surface area (Å²) in [6.45, 7) is 6.03. The Balaban J connectivity index is 2.40. The fourth-order valence-electron chi connectivity index (χ4n) is 2.07. The first kappa shape index (κ1) is 12.7. The van der Waals surface area contributed by atoms with Gasteiger partial charge in [-0.1, -0.05) is 31.2 Å². The summed E-state index contributed by atoms with van der Waals surface area (Å²) in [5, 5.41) is 8.18. The standard InChI is InChI=1S/C15H19N3/c1-4-12-6-5-7-13(9-12)15(16)14-8-10(2)17-18-11(14)3/h5-9,15H,4,16H2,1-3H3. The van der Waals surface area contributed by atoms with Crippen LogP contribution in [0.2, 0.25) is 0 Å². The Morgan fingerprint density at radius 3 is 2.67 bits per heavy atom. The predicted octanol–water partition coefficient (Wildman–Crippen LogP) is 2.70. The summed E-state index contributed by atoms with van der Waals surface area (Å²) < 4.78 is 0. The monoisotopic (exact) mass is 241 g/mol. The van der Waals surface area contributed by atoms with Gasteiger partial charge >= 0.3 is 0 Å². The second-order valence-electron chi connectivity index (χ2n) is 4.60. The summed E-state index contributed by atoms with van der Waals surface area (Å²) in [5.41, 5.74) is 11.6. The molecule has 0 aliphatic heterocycles. The largest absolute Gasteiger partial charge is 0.320 e. The minimum atomic E-state index is -0.134. The zero-order valence-corrected chi connectivity index (χ0v) is 11.1. The third kappa shape index (κ3) is 2.57. The molecule has 0 fully saturated rings. The van der Waals surface area contributed by atoms with Crippen LogP contribution in [-0.4, -0.2) is 10.2 Å². The number of aryl methyl sites for hydroxylation is 3. The second kappa shape index (κ2) is 5.27. The summed E-state index contributed by atoms with van der Waals surface area (Å²) in [5.74, 6) is 0. The van der Waals surface area contributed by atoms with Crippen LogP contribution in [0.1, 0.15) is 41.0 Å². The number of hydrogen-bond donors (Lipinski definition) is 1. The molecular weight excluding hydrogens is 222 g/mol. The Hall–Kier alpha value is -1.74. The van der Waals surface area contributed by atoms with E-state index in [2.05, 4.69) is 41.4 Å². The summed E-state index contributed by atoms with van der Waals surface area (Å²) in [4.78, 5) is 0. The summed E-state index contributed by atoms with van der Waals surface area (Å²) >= 11 is 0. The van der Waals surface area contributed by atoms with Crippen LogP contribution >= 0.6 is 0 Å². The lowest BCUT2D eigenvalue weighted by Crippen LogP contribution is -2.15. The van der Waals surface area contributed by atoms with Crippen LogP contribution in [0.25, 0.3) is 0 Å². The van der Waals surface area contributed by atoms with Gasteiger partial charge in [0.1, 0.15) is 0 Å². The van der Waals surface area contributed by atoms with Gasteiger partial charge in [-0.3, -0.25) is 0 Å². The van der Waals surface area contributed by atoms with E-state index >= 15 is 0 Å². The number of benzene rings is 1. The number of rotatable bonds is 3. The van der Waals surface area contributed by atoms with E-state index < -0.39 is 0 Å². The van der Waals surface area contributed by atoms with Gasteiger partial charge in [0.15, 0.2) is 0 Å². The smallest absolute Gasteiger partial charge is 0.0651 e. The molecule has 1 heterocycles.